The van der Waals surface area contributed by atoms with Crippen LogP contribution >= 0.6 is 0 Å². The molecular weight excluding hydrogens is 300 g/mol. The molecular formula is C19H20N4O. The lowest BCUT2D eigenvalue weighted by Crippen LogP contribution is -2.36. The zero-order valence-electron chi connectivity index (χ0n) is 13.5. The number of benzene rings is 2. The van der Waals surface area contributed by atoms with Crippen molar-refractivity contribution in [2.24, 2.45) is 0 Å². The Morgan fingerprint density at radius 3 is 2.54 bits per heavy atom. The van der Waals surface area contributed by atoms with Crippen molar-refractivity contribution in [3.63, 3.8) is 0 Å². The predicted octanol–water partition coefficient (Wildman–Crippen LogP) is 3.43. The van der Waals surface area contributed by atoms with Crippen molar-refractivity contribution in [1.82, 2.24) is 20.2 Å². The zero-order valence-corrected chi connectivity index (χ0v) is 13.5. The number of aromatic nitrogens is 2. The minimum Gasteiger partial charge on any atom is -0.334 e. The number of hydrogen-bond donors (Lipinski definition) is 2. The van der Waals surface area contributed by atoms with Gasteiger partial charge in [-0.05, 0) is 30.2 Å². The molecule has 1 heterocycles. The molecule has 0 bridgehead atoms. The van der Waals surface area contributed by atoms with Crippen molar-refractivity contribution in [3.05, 3.63) is 84.4 Å². The van der Waals surface area contributed by atoms with Crippen molar-refractivity contribution in [2.45, 2.75) is 19.5 Å². The highest BCUT2D eigenvalue weighted by molar-refractivity contribution is 5.74. The lowest BCUT2D eigenvalue weighted by atomic mass is 10.1. The maximum atomic E-state index is 12.0. The molecule has 122 valence electrons. The van der Waals surface area contributed by atoms with Crippen LogP contribution in [0.4, 0.5) is 4.79 Å². The molecule has 0 aliphatic heterocycles. The second kappa shape index (κ2) is 7.46. The van der Waals surface area contributed by atoms with Crippen LogP contribution in [0.1, 0.15) is 24.1 Å². The van der Waals surface area contributed by atoms with E-state index in [1.54, 1.807) is 12.5 Å². The maximum absolute atomic E-state index is 12.0. The molecule has 3 rings (SSSR count). The lowest BCUT2D eigenvalue weighted by molar-refractivity contribution is 0.237. The second-order valence-electron chi connectivity index (χ2n) is 5.60. The van der Waals surface area contributed by atoms with E-state index < -0.39 is 0 Å². The summed E-state index contributed by atoms with van der Waals surface area (Å²) in [4.78, 5) is 16.1. The minimum absolute atomic E-state index is 0.0717. The topological polar surface area (TPSA) is 59.0 Å². The summed E-state index contributed by atoms with van der Waals surface area (Å²) in [6.45, 7) is 2.48. The molecule has 24 heavy (non-hydrogen) atoms. The van der Waals surface area contributed by atoms with E-state index in [-0.39, 0.29) is 12.1 Å². The first kappa shape index (κ1) is 15.8. The van der Waals surface area contributed by atoms with Gasteiger partial charge in [-0.25, -0.2) is 9.78 Å². The molecule has 2 amide bonds. The van der Waals surface area contributed by atoms with Gasteiger partial charge in [0.2, 0.25) is 0 Å². The third kappa shape index (κ3) is 4.01. The summed E-state index contributed by atoms with van der Waals surface area (Å²) < 4.78 is 1.94. The number of hydrogen-bond acceptors (Lipinski definition) is 2. The maximum Gasteiger partial charge on any atom is 0.315 e. The normalized spacial score (nSPS) is 11.7. The molecule has 5 nitrogen and oxygen atoms in total. The number of urea groups is 1. The fourth-order valence-electron chi connectivity index (χ4n) is 2.46. The van der Waals surface area contributed by atoms with Crippen LogP contribution in [0.25, 0.3) is 5.69 Å². The van der Waals surface area contributed by atoms with Crippen LogP contribution in [0.3, 0.4) is 0 Å². The summed E-state index contributed by atoms with van der Waals surface area (Å²) in [6.07, 6.45) is 5.40. The standard InChI is InChI=1S/C19H20N4O/c1-15(22-19(24)21-13-16-5-3-2-4-6-16)17-7-9-18(10-8-17)23-12-11-20-14-23/h2-12,14-15H,13H2,1H3,(H2,21,22,24). The van der Waals surface area contributed by atoms with Crippen LogP contribution in [0.2, 0.25) is 0 Å². The van der Waals surface area contributed by atoms with Crippen molar-refractivity contribution in [2.75, 3.05) is 0 Å². The van der Waals surface area contributed by atoms with E-state index in [4.69, 9.17) is 0 Å². The quantitative estimate of drug-likeness (QED) is 0.756. The van der Waals surface area contributed by atoms with Gasteiger partial charge in [-0.1, -0.05) is 42.5 Å². The summed E-state index contributed by atoms with van der Waals surface area (Å²) in [5.41, 5.74) is 3.16. The highest BCUT2D eigenvalue weighted by atomic mass is 16.2. The summed E-state index contributed by atoms with van der Waals surface area (Å²) >= 11 is 0. The fourth-order valence-corrected chi connectivity index (χ4v) is 2.46. The van der Waals surface area contributed by atoms with Crippen molar-refractivity contribution in [1.29, 1.82) is 0 Å². The van der Waals surface area contributed by atoms with E-state index in [9.17, 15) is 4.79 Å². The molecule has 0 radical (unpaired) electrons. The molecule has 1 unspecified atom stereocenters. The Morgan fingerprint density at radius 1 is 1.12 bits per heavy atom. The van der Waals surface area contributed by atoms with E-state index >= 15 is 0 Å². The van der Waals surface area contributed by atoms with Crippen molar-refractivity contribution >= 4 is 6.03 Å². The summed E-state index contributed by atoms with van der Waals surface area (Å²) in [5.74, 6) is 0. The molecule has 1 aromatic heterocycles. The van der Waals surface area contributed by atoms with E-state index in [1.165, 1.54) is 0 Å². The SMILES string of the molecule is CC(NC(=O)NCc1ccccc1)c1ccc(-n2ccnc2)cc1. The molecule has 2 aromatic carbocycles. The molecule has 1 atom stereocenters. The first-order valence-electron chi connectivity index (χ1n) is 7.89. The molecule has 3 aromatic rings. The Balaban J connectivity index is 1.54. The molecule has 0 fully saturated rings. The van der Waals surface area contributed by atoms with Gasteiger partial charge >= 0.3 is 6.03 Å². The number of carbonyl (C=O) groups excluding carboxylic acids is 1. The van der Waals surface area contributed by atoms with Gasteiger partial charge in [-0.3, -0.25) is 0 Å². The summed E-state index contributed by atoms with van der Waals surface area (Å²) in [7, 11) is 0. The van der Waals surface area contributed by atoms with Crippen LogP contribution in [-0.4, -0.2) is 15.6 Å². The van der Waals surface area contributed by atoms with E-state index in [0.29, 0.717) is 6.54 Å². The largest absolute Gasteiger partial charge is 0.334 e. The average Bonchev–Trinajstić information content (AvgIpc) is 3.16. The number of amides is 2. The molecule has 2 N–H and O–H groups in total. The van der Waals surface area contributed by atoms with Crippen molar-refractivity contribution < 1.29 is 4.79 Å². The van der Waals surface area contributed by atoms with Crippen LogP contribution < -0.4 is 10.6 Å². The Morgan fingerprint density at radius 2 is 1.88 bits per heavy atom. The van der Waals surface area contributed by atoms with Gasteiger partial charge in [0.05, 0.1) is 12.4 Å². The number of nitrogens with zero attached hydrogens (tertiary/aromatic N) is 2. The molecule has 0 aliphatic rings. The molecule has 0 aliphatic carbocycles. The van der Waals surface area contributed by atoms with Crippen LogP contribution in [0.5, 0.6) is 0 Å². The van der Waals surface area contributed by atoms with Crippen molar-refractivity contribution in [3.8, 4) is 5.69 Å². The van der Waals surface area contributed by atoms with Gasteiger partial charge < -0.3 is 15.2 Å². The third-order valence-electron chi connectivity index (χ3n) is 3.84. The van der Waals surface area contributed by atoms with Gasteiger partial charge in [0.25, 0.3) is 0 Å². The first-order chi connectivity index (χ1) is 11.7. The van der Waals surface area contributed by atoms with Gasteiger partial charge in [0.15, 0.2) is 0 Å². The summed E-state index contributed by atoms with van der Waals surface area (Å²) in [5, 5.41) is 5.82. The highest BCUT2D eigenvalue weighted by Crippen LogP contribution is 2.15. The van der Waals surface area contributed by atoms with E-state index in [1.807, 2.05) is 72.3 Å². The van der Waals surface area contributed by atoms with Gasteiger partial charge in [0.1, 0.15) is 0 Å². The molecule has 0 saturated carbocycles. The number of rotatable bonds is 5. The number of imidazole rings is 1. The highest BCUT2D eigenvalue weighted by Gasteiger charge is 2.09. The first-order valence-corrected chi connectivity index (χ1v) is 7.89. The van der Waals surface area contributed by atoms with E-state index in [0.717, 1.165) is 16.8 Å². The fraction of sp³-hybridized carbons (Fsp3) is 0.158. The Kier molecular flexibility index (Phi) is 4.91. The van der Waals surface area contributed by atoms with Crippen LogP contribution in [0, 0.1) is 0 Å². The van der Waals surface area contributed by atoms with E-state index in [2.05, 4.69) is 15.6 Å². The average molecular weight is 320 g/mol. The predicted molar refractivity (Wildman–Crippen MR) is 93.8 cm³/mol. The number of carbonyl (C=O) groups is 1. The van der Waals surface area contributed by atoms with Gasteiger partial charge in [0, 0.05) is 24.6 Å². The molecule has 0 spiro atoms. The molecule has 5 heteroatoms. The summed E-state index contributed by atoms with van der Waals surface area (Å²) in [6, 6.07) is 17.6. The zero-order chi connectivity index (χ0) is 16.8. The smallest absolute Gasteiger partial charge is 0.315 e. The Bertz CT molecular complexity index is 767. The minimum atomic E-state index is -0.176. The monoisotopic (exact) mass is 320 g/mol. The molecule has 0 saturated heterocycles. The third-order valence-corrected chi connectivity index (χ3v) is 3.84. The van der Waals surface area contributed by atoms with Gasteiger partial charge in [-0.2, -0.15) is 0 Å². The lowest BCUT2D eigenvalue weighted by Gasteiger charge is -2.15. The van der Waals surface area contributed by atoms with Crippen LogP contribution in [0.15, 0.2) is 73.3 Å². The van der Waals surface area contributed by atoms with Crippen LogP contribution in [-0.2, 0) is 6.54 Å². The Hall–Kier alpha value is -3.08. The number of nitrogens with one attached hydrogen (secondary N) is 2. The van der Waals surface area contributed by atoms with Gasteiger partial charge in [-0.15, -0.1) is 0 Å². The Labute approximate surface area is 141 Å². The second-order valence-corrected chi connectivity index (χ2v) is 5.60.